The normalized spacial score (nSPS) is 21.9. The maximum Gasteiger partial charge on any atom is 0.374 e. The molecule has 4 aliphatic heterocycles. The number of aromatic nitrogens is 2. The molecular formula is C31H35N7O8. The van der Waals surface area contributed by atoms with Crippen molar-refractivity contribution in [1.29, 1.82) is 5.41 Å². The van der Waals surface area contributed by atoms with Crippen LogP contribution >= 0.6 is 0 Å². The second kappa shape index (κ2) is 12.5. The third-order valence-electron chi connectivity index (χ3n) is 8.25. The van der Waals surface area contributed by atoms with Gasteiger partial charge in [-0.05, 0) is 44.8 Å². The molecule has 5 heterocycles. The van der Waals surface area contributed by atoms with Crippen LogP contribution in [0.3, 0.4) is 0 Å². The number of amidine groups is 1. The van der Waals surface area contributed by atoms with Gasteiger partial charge in [-0.3, -0.25) is 9.98 Å². The van der Waals surface area contributed by atoms with E-state index < -0.39 is 23.6 Å². The Morgan fingerprint density at radius 3 is 2.91 bits per heavy atom. The number of nitrogens with one attached hydrogen (secondary N) is 2. The molecule has 1 aromatic carbocycles. The fraction of sp³-hybridized carbons (Fsp3) is 0.419. The van der Waals surface area contributed by atoms with Crippen molar-refractivity contribution in [2.45, 2.75) is 57.8 Å². The molecule has 0 saturated carbocycles. The number of ether oxygens (including phenoxy) is 4. The number of esters is 1. The number of benzene rings is 1. The number of aliphatic hydroxyl groups is 2. The first-order valence-corrected chi connectivity index (χ1v) is 15.0. The number of carbonyl (C=O) groups excluding carboxylic acids is 1. The Kier molecular flexibility index (Phi) is 8.46. The number of rotatable bonds is 11. The fourth-order valence-electron chi connectivity index (χ4n) is 5.96. The molecule has 4 aliphatic rings. The summed E-state index contributed by atoms with van der Waals surface area (Å²) in [7, 11) is 1.54. The molecule has 1 unspecified atom stereocenters. The summed E-state index contributed by atoms with van der Waals surface area (Å²) in [6.45, 7) is 4.10. The van der Waals surface area contributed by atoms with Crippen molar-refractivity contribution < 1.29 is 44.0 Å². The first kappa shape index (κ1) is 31.1. The molecule has 6 rings (SSSR count). The summed E-state index contributed by atoms with van der Waals surface area (Å²) < 4.78 is 25.3. The molecule has 0 saturated heterocycles. The highest BCUT2D eigenvalue weighted by molar-refractivity contribution is 6.66. The van der Waals surface area contributed by atoms with E-state index in [9.17, 15) is 20.1 Å². The monoisotopic (exact) mass is 633 g/mol. The number of guanidine groups is 1. The lowest BCUT2D eigenvalue weighted by Gasteiger charge is -2.29. The van der Waals surface area contributed by atoms with E-state index >= 15 is 0 Å². The summed E-state index contributed by atoms with van der Waals surface area (Å²) in [6.07, 6.45) is 8.36. The van der Waals surface area contributed by atoms with Crippen LogP contribution in [-0.4, -0.2) is 87.8 Å². The maximum atomic E-state index is 12.8. The van der Waals surface area contributed by atoms with Crippen LogP contribution in [0.5, 0.6) is 17.2 Å². The summed E-state index contributed by atoms with van der Waals surface area (Å²) in [4.78, 5) is 29.9. The van der Waals surface area contributed by atoms with Crippen molar-refractivity contribution in [1.82, 2.24) is 9.55 Å². The highest BCUT2D eigenvalue weighted by atomic mass is 16.6. The van der Waals surface area contributed by atoms with Crippen molar-refractivity contribution in [3.63, 3.8) is 0 Å². The van der Waals surface area contributed by atoms with Crippen LogP contribution in [-0.2, 0) is 22.5 Å². The number of unbranched alkanes of at least 4 members (excludes halogenated alkanes) is 1. The highest BCUT2D eigenvalue weighted by Gasteiger charge is 2.42. The van der Waals surface area contributed by atoms with Crippen molar-refractivity contribution in [2.24, 2.45) is 15.0 Å². The SMILES string of the molecule is CCOC(=O)C1=CC(=CCn2ccnc2[NH+]2CN=C3C([O-])=NC(=N)N=C32)c2c(cc3c(c2OC)C[C@@H]([C@@](C)(O)CCCCO)O3)O1. The topological polar surface area (TPSA) is 201 Å². The van der Waals surface area contributed by atoms with Crippen LogP contribution in [0, 0.1) is 5.41 Å². The van der Waals surface area contributed by atoms with E-state index in [2.05, 4.69) is 20.0 Å². The number of fused-ring (bicyclic) bond motifs is 3. The molecule has 4 N–H and O–H groups in total. The van der Waals surface area contributed by atoms with Gasteiger partial charge >= 0.3 is 11.9 Å². The molecule has 1 aromatic heterocycles. The van der Waals surface area contributed by atoms with Gasteiger partial charge in [0.05, 0.1) is 31.1 Å². The average Bonchev–Trinajstić information content (AvgIpc) is 3.77. The van der Waals surface area contributed by atoms with E-state index in [1.54, 1.807) is 45.5 Å². The molecule has 15 nitrogen and oxygen atoms in total. The number of hydrogen-bond acceptors (Lipinski definition) is 11. The van der Waals surface area contributed by atoms with Crippen LogP contribution in [0.15, 0.2) is 51.3 Å². The van der Waals surface area contributed by atoms with Gasteiger partial charge in [-0.25, -0.2) is 19.7 Å². The van der Waals surface area contributed by atoms with Crippen LogP contribution in [0.2, 0.25) is 0 Å². The summed E-state index contributed by atoms with van der Waals surface area (Å²) >= 11 is 0. The zero-order chi connectivity index (χ0) is 32.6. The third kappa shape index (κ3) is 5.68. The van der Waals surface area contributed by atoms with Gasteiger partial charge < -0.3 is 34.3 Å². The minimum absolute atomic E-state index is 0.0143. The molecule has 2 aromatic rings. The second-order valence-electron chi connectivity index (χ2n) is 11.3. The molecule has 46 heavy (non-hydrogen) atoms. The van der Waals surface area contributed by atoms with Crippen molar-refractivity contribution >= 4 is 40.9 Å². The summed E-state index contributed by atoms with van der Waals surface area (Å²) in [6, 6.07) is 1.70. The van der Waals surface area contributed by atoms with E-state index in [1.807, 2.05) is 10.6 Å². The molecule has 0 radical (unpaired) electrons. The van der Waals surface area contributed by atoms with Gasteiger partial charge in [-0.1, -0.05) is 6.08 Å². The lowest BCUT2D eigenvalue weighted by molar-refractivity contribution is -0.730. The van der Waals surface area contributed by atoms with E-state index in [0.717, 1.165) is 5.56 Å². The number of aliphatic hydroxyl groups excluding tert-OH is 1. The Hall–Kier alpha value is -4.86. The lowest BCUT2D eigenvalue weighted by atomic mass is 9.88. The van der Waals surface area contributed by atoms with E-state index in [4.69, 9.17) is 24.4 Å². The lowest BCUT2D eigenvalue weighted by Crippen LogP contribution is -3.10. The Morgan fingerprint density at radius 1 is 1.33 bits per heavy atom. The molecule has 0 fully saturated rings. The molecule has 0 bridgehead atoms. The Bertz CT molecular complexity index is 1740. The molecule has 0 aliphatic carbocycles. The van der Waals surface area contributed by atoms with E-state index in [1.165, 1.54) is 0 Å². The van der Waals surface area contributed by atoms with Gasteiger partial charge in [0.15, 0.2) is 12.4 Å². The van der Waals surface area contributed by atoms with Gasteiger partial charge in [0.25, 0.3) is 5.84 Å². The minimum Gasteiger partial charge on any atom is -0.857 e. The summed E-state index contributed by atoms with van der Waals surface area (Å²) in [5, 5.41) is 40.5. The maximum absolute atomic E-state index is 12.8. The van der Waals surface area contributed by atoms with Crippen LogP contribution in [0.1, 0.15) is 44.2 Å². The fourth-order valence-corrected chi connectivity index (χ4v) is 5.96. The van der Waals surface area contributed by atoms with Gasteiger partial charge in [0.1, 0.15) is 23.4 Å². The van der Waals surface area contributed by atoms with E-state index in [-0.39, 0.29) is 43.9 Å². The minimum atomic E-state index is -1.16. The number of methoxy groups -OCH3 is 1. The predicted octanol–water partition coefficient (Wildman–Crippen LogP) is 0.0660. The number of nitrogens with zero attached hydrogens (tertiary/aromatic N) is 5. The molecule has 3 atom stereocenters. The van der Waals surface area contributed by atoms with Crippen molar-refractivity contribution in [2.75, 3.05) is 27.0 Å². The van der Waals surface area contributed by atoms with Crippen molar-refractivity contribution in [3.8, 4) is 17.2 Å². The largest absolute Gasteiger partial charge is 0.857 e. The molecule has 242 valence electrons. The molecule has 0 spiro atoms. The number of aliphatic imine (C=N–C) groups is 3. The first-order chi connectivity index (χ1) is 22.1. The van der Waals surface area contributed by atoms with Gasteiger partial charge in [-0.15, -0.1) is 0 Å². The van der Waals surface area contributed by atoms with Gasteiger partial charge in [0, 0.05) is 43.3 Å². The zero-order valence-electron chi connectivity index (χ0n) is 25.7. The molecule has 0 amide bonds. The first-order valence-electron chi connectivity index (χ1n) is 15.0. The third-order valence-corrected chi connectivity index (χ3v) is 8.25. The second-order valence-corrected chi connectivity index (χ2v) is 11.3. The summed E-state index contributed by atoms with van der Waals surface area (Å²) in [5.74, 6) is 0.510. The Labute approximate surface area is 264 Å². The number of quaternary nitrogens is 1. The summed E-state index contributed by atoms with van der Waals surface area (Å²) in [5.41, 5.74) is 0.953. The Balaban J connectivity index is 1.35. The zero-order valence-corrected chi connectivity index (χ0v) is 25.7. The van der Waals surface area contributed by atoms with Crippen LogP contribution in [0.25, 0.3) is 5.57 Å². The van der Waals surface area contributed by atoms with Crippen LogP contribution < -0.4 is 24.2 Å². The van der Waals surface area contributed by atoms with Crippen LogP contribution in [0.4, 0.5) is 5.95 Å². The number of imidazole rings is 1. The highest BCUT2D eigenvalue weighted by Crippen LogP contribution is 2.50. The Morgan fingerprint density at radius 2 is 2.15 bits per heavy atom. The molecular weight excluding hydrogens is 598 g/mol. The standard InChI is InChI=1S/C31H35N7O8/c1-4-44-28(41)21-13-17(7-10-37-11-9-33-30(37)38-16-34-24-26(38)35-29(32)36-27(24)40)23-20(45-21)15-19-18(25(23)43-3)14-22(46-19)31(2,42)8-5-6-12-39/h7,9,11,13,15,22,39,42H,4-6,8,10,12,14,16H2,1-3H3,(H2,32,36,40)/t22-,31-/m0/s1. The number of carbonyl (C=O) groups is 1. The van der Waals surface area contributed by atoms with Crippen molar-refractivity contribution in [3.05, 3.63) is 47.5 Å². The van der Waals surface area contributed by atoms with E-state index in [0.29, 0.717) is 70.8 Å². The average molecular weight is 634 g/mol. The molecule has 15 heteroatoms. The number of hydrogen-bond donors (Lipinski definition) is 4. The number of allylic oxidation sites excluding steroid dienone is 3. The predicted molar refractivity (Wildman–Crippen MR) is 164 cm³/mol. The smallest absolute Gasteiger partial charge is 0.374 e. The quantitative estimate of drug-likeness (QED) is 0.195. The van der Waals surface area contributed by atoms with Gasteiger partial charge in [0.2, 0.25) is 11.7 Å². The van der Waals surface area contributed by atoms with Gasteiger partial charge in [-0.2, -0.15) is 9.98 Å².